The minimum atomic E-state index is -0.443. The smallest absolute Gasteiger partial charge is 0.344 e. The Hall–Kier alpha value is -3.64. The van der Waals surface area contributed by atoms with E-state index in [1.54, 1.807) is 49.2 Å². The number of carbonyl (C=O) groups excluding carboxylic acids is 1. The summed E-state index contributed by atoms with van der Waals surface area (Å²) in [5.74, 6) is 3.08. The van der Waals surface area contributed by atoms with Crippen molar-refractivity contribution >= 4 is 38.5 Å². The molecule has 0 aliphatic carbocycles. The number of fused-ring (bicyclic) bond motifs is 1. The number of nitrogens with one attached hydrogen (secondary N) is 1. The molecule has 1 amide bonds. The molecule has 10 nitrogen and oxygen atoms in total. The number of nitrogens with zero attached hydrogens (tertiary/aromatic N) is 3. The van der Waals surface area contributed by atoms with Gasteiger partial charge in [0.1, 0.15) is 17.0 Å². The first-order valence-electron chi connectivity index (χ1n) is 14.9. The minimum absolute atomic E-state index is 0.0662. The summed E-state index contributed by atoms with van der Waals surface area (Å²) in [6.45, 7) is 1.60. The van der Waals surface area contributed by atoms with Gasteiger partial charge in [-0.2, -0.15) is 0 Å². The highest BCUT2D eigenvalue weighted by Crippen LogP contribution is 2.40. The maximum absolute atomic E-state index is 12.8. The molecule has 0 bridgehead atoms. The van der Waals surface area contributed by atoms with Crippen LogP contribution >= 0.6 is 21.6 Å². The Morgan fingerprint density at radius 2 is 1.95 bits per heavy atom. The molecule has 0 saturated carbocycles. The molecule has 234 valence electrons. The van der Waals surface area contributed by atoms with E-state index >= 15 is 0 Å². The topological polar surface area (TPSA) is 118 Å². The standard InChI is InChI=1S/C32H38N4O6S2/c1-39-28-12-10-22(18-30(28)40-2)27-17-23-9-11-25(19-29(23)42-32(27)38)41-15-6-5-14-36-21-24(34-35-36)20-33-31(37)8-4-3-7-26-13-16-43-44-26/h9-12,17-19,21,26H,3-8,13-16,20H2,1-2H3,(H,33,37). The van der Waals surface area contributed by atoms with E-state index in [4.69, 9.17) is 18.6 Å². The Kier molecular flexibility index (Phi) is 11.5. The van der Waals surface area contributed by atoms with Crippen LogP contribution < -0.4 is 25.2 Å². The van der Waals surface area contributed by atoms with Gasteiger partial charge in [-0.05, 0) is 68.0 Å². The zero-order valence-corrected chi connectivity index (χ0v) is 26.7. The lowest BCUT2D eigenvalue weighted by atomic mass is 10.1. The van der Waals surface area contributed by atoms with Crippen LogP contribution in [0.5, 0.6) is 17.2 Å². The van der Waals surface area contributed by atoms with Gasteiger partial charge in [0.05, 0.1) is 39.1 Å². The highest BCUT2D eigenvalue weighted by Gasteiger charge is 2.16. The molecular weight excluding hydrogens is 601 g/mol. The molecule has 1 aliphatic heterocycles. The minimum Gasteiger partial charge on any atom is -0.493 e. The van der Waals surface area contributed by atoms with Gasteiger partial charge in [0.25, 0.3) is 0 Å². The van der Waals surface area contributed by atoms with Crippen molar-refractivity contribution in [2.45, 2.75) is 63.3 Å². The number of ether oxygens (including phenoxy) is 3. The lowest BCUT2D eigenvalue weighted by Crippen LogP contribution is -2.22. The van der Waals surface area contributed by atoms with Crippen molar-refractivity contribution in [2.24, 2.45) is 0 Å². The van der Waals surface area contributed by atoms with E-state index in [1.807, 2.05) is 39.9 Å². The molecule has 1 unspecified atom stereocenters. The van der Waals surface area contributed by atoms with Gasteiger partial charge in [0.15, 0.2) is 11.5 Å². The van der Waals surface area contributed by atoms with Crippen LogP contribution in [0.15, 0.2) is 57.9 Å². The number of aromatic nitrogens is 3. The van der Waals surface area contributed by atoms with Crippen molar-refractivity contribution in [3.05, 3.63) is 64.8 Å². The van der Waals surface area contributed by atoms with Crippen LogP contribution in [0.2, 0.25) is 0 Å². The van der Waals surface area contributed by atoms with E-state index in [0.29, 0.717) is 60.1 Å². The third-order valence-corrected chi connectivity index (χ3v) is 10.4. The van der Waals surface area contributed by atoms with Crippen molar-refractivity contribution in [3.63, 3.8) is 0 Å². The van der Waals surface area contributed by atoms with Gasteiger partial charge >= 0.3 is 5.63 Å². The van der Waals surface area contributed by atoms with Crippen molar-refractivity contribution in [2.75, 3.05) is 26.6 Å². The monoisotopic (exact) mass is 638 g/mol. The van der Waals surface area contributed by atoms with Gasteiger partial charge in [0.2, 0.25) is 5.91 Å². The number of aryl methyl sites for hydroxylation is 1. The molecule has 4 aromatic rings. The number of methoxy groups -OCH3 is 2. The summed E-state index contributed by atoms with van der Waals surface area (Å²) in [5, 5.41) is 12.9. The Morgan fingerprint density at radius 3 is 2.77 bits per heavy atom. The van der Waals surface area contributed by atoms with Crippen LogP contribution in [0, 0.1) is 0 Å². The number of rotatable bonds is 16. The summed E-state index contributed by atoms with van der Waals surface area (Å²) in [7, 11) is 7.08. The van der Waals surface area contributed by atoms with Crippen LogP contribution in [0.25, 0.3) is 22.1 Å². The first kappa shape index (κ1) is 31.8. The fourth-order valence-electron chi connectivity index (χ4n) is 4.98. The molecule has 1 N–H and O–H groups in total. The number of benzene rings is 2. The zero-order valence-electron chi connectivity index (χ0n) is 25.1. The van der Waals surface area contributed by atoms with Crippen molar-refractivity contribution in [3.8, 4) is 28.4 Å². The third kappa shape index (κ3) is 8.72. The number of hydrogen-bond donors (Lipinski definition) is 1. The van der Waals surface area contributed by atoms with Crippen LogP contribution in [0.1, 0.15) is 50.6 Å². The Morgan fingerprint density at radius 1 is 1.07 bits per heavy atom. The van der Waals surface area contributed by atoms with Crippen LogP contribution in [-0.2, 0) is 17.9 Å². The van der Waals surface area contributed by atoms with Gasteiger partial charge in [-0.15, -0.1) is 5.10 Å². The van der Waals surface area contributed by atoms with E-state index < -0.39 is 5.63 Å². The summed E-state index contributed by atoms with van der Waals surface area (Å²) in [6.07, 6.45) is 8.62. The molecule has 1 aliphatic rings. The Labute approximate surface area is 264 Å². The maximum Gasteiger partial charge on any atom is 0.344 e. The van der Waals surface area contributed by atoms with Gasteiger partial charge < -0.3 is 23.9 Å². The van der Waals surface area contributed by atoms with E-state index in [1.165, 1.54) is 18.6 Å². The number of amides is 1. The summed E-state index contributed by atoms with van der Waals surface area (Å²) in [6, 6.07) is 12.6. The molecule has 2 aromatic heterocycles. The molecular formula is C32H38N4O6S2. The van der Waals surface area contributed by atoms with E-state index in [0.717, 1.165) is 42.0 Å². The van der Waals surface area contributed by atoms with Crippen molar-refractivity contribution in [1.82, 2.24) is 20.3 Å². The lowest BCUT2D eigenvalue weighted by Gasteiger charge is -2.10. The number of unbranched alkanes of at least 4 members (excludes halogenated alkanes) is 2. The highest BCUT2D eigenvalue weighted by atomic mass is 33.1. The van der Waals surface area contributed by atoms with Gasteiger partial charge in [-0.3, -0.25) is 9.48 Å². The zero-order chi connectivity index (χ0) is 30.7. The van der Waals surface area contributed by atoms with E-state index in [2.05, 4.69) is 15.6 Å². The summed E-state index contributed by atoms with van der Waals surface area (Å²) < 4.78 is 24.0. The largest absolute Gasteiger partial charge is 0.493 e. The molecule has 5 rings (SSSR count). The predicted octanol–water partition coefficient (Wildman–Crippen LogP) is 6.26. The highest BCUT2D eigenvalue weighted by molar-refractivity contribution is 8.77. The molecule has 1 atom stereocenters. The quantitative estimate of drug-likeness (QED) is 0.0856. The first-order valence-corrected chi connectivity index (χ1v) is 17.3. The Balaban J connectivity index is 1.02. The molecule has 3 heterocycles. The maximum atomic E-state index is 12.8. The summed E-state index contributed by atoms with van der Waals surface area (Å²) in [4.78, 5) is 25.0. The normalized spacial score (nSPS) is 14.5. The average Bonchev–Trinajstić information content (AvgIpc) is 3.73. The van der Waals surface area contributed by atoms with E-state index in [9.17, 15) is 9.59 Å². The van der Waals surface area contributed by atoms with Crippen LogP contribution in [-0.4, -0.2) is 52.7 Å². The third-order valence-electron chi connectivity index (χ3n) is 7.41. The predicted molar refractivity (Wildman–Crippen MR) is 175 cm³/mol. The molecule has 2 aromatic carbocycles. The van der Waals surface area contributed by atoms with Crippen molar-refractivity contribution < 1.29 is 23.4 Å². The second-order valence-corrected chi connectivity index (χ2v) is 13.4. The number of carbonyl (C=O) groups is 1. The van der Waals surface area contributed by atoms with Gasteiger partial charge in [-0.25, -0.2) is 4.79 Å². The van der Waals surface area contributed by atoms with Gasteiger partial charge in [-0.1, -0.05) is 39.3 Å². The van der Waals surface area contributed by atoms with Crippen LogP contribution in [0.3, 0.4) is 0 Å². The lowest BCUT2D eigenvalue weighted by molar-refractivity contribution is -0.121. The fraction of sp³-hybridized carbons (Fsp3) is 0.438. The van der Waals surface area contributed by atoms with Crippen LogP contribution in [0.4, 0.5) is 0 Å². The van der Waals surface area contributed by atoms with Gasteiger partial charge in [0, 0.05) is 35.4 Å². The molecule has 0 radical (unpaired) electrons. The van der Waals surface area contributed by atoms with E-state index in [-0.39, 0.29) is 5.91 Å². The second kappa shape index (κ2) is 15.9. The molecule has 12 heteroatoms. The number of hydrogen-bond acceptors (Lipinski definition) is 10. The summed E-state index contributed by atoms with van der Waals surface area (Å²) in [5.41, 5.74) is 1.89. The summed E-state index contributed by atoms with van der Waals surface area (Å²) >= 11 is 0. The molecule has 1 fully saturated rings. The Bertz CT molecular complexity index is 1600. The molecule has 1 saturated heterocycles. The molecule has 0 spiro atoms. The first-order chi connectivity index (χ1) is 21.5. The average molecular weight is 639 g/mol. The molecule has 44 heavy (non-hydrogen) atoms. The fourth-order valence-corrected chi connectivity index (χ4v) is 8.01. The second-order valence-electron chi connectivity index (χ2n) is 10.6. The SMILES string of the molecule is COc1ccc(-c2cc3ccc(OCCCCn4cc(CNC(=O)CCCCC5CCSS5)nn4)cc3oc2=O)cc1OC. The van der Waals surface area contributed by atoms with Crippen molar-refractivity contribution in [1.29, 1.82) is 0 Å².